The van der Waals surface area contributed by atoms with E-state index in [9.17, 15) is 4.79 Å². The summed E-state index contributed by atoms with van der Waals surface area (Å²) in [5, 5.41) is 3.08. The summed E-state index contributed by atoms with van der Waals surface area (Å²) < 4.78 is 0. The van der Waals surface area contributed by atoms with Gasteiger partial charge in [0.1, 0.15) is 0 Å². The lowest BCUT2D eigenvalue weighted by Crippen LogP contribution is -2.46. The average Bonchev–Trinajstić information content (AvgIpc) is 2.52. The Morgan fingerprint density at radius 3 is 2.14 bits per heavy atom. The van der Waals surface area contributed by atoms with Crippen LogP contribution in [0.2, 0.25) is 0 Å². The lowest BCUT2D eigenvalue weighted by atomic mass is 10.0. The van der Waals surface area contributed by atoms with Crippen molar-refractivity contribution < 1.29 is 4.79 Å². The largest absolute Gasteiger partial charge is 0.356 e. The molecule has 21 heavy (non-hydrogen) atoms. The SMILES string of the molecule is CCC(CC)C(=O)NCCCCCN1CCN(CC)CC1. The molecule has 0 atom stereocenters. The van der Waals surface area contributed by atoms with Gasteiger partial charge in [-0.15, -0.1) is 0 Å². The van der Waals surface area contributed by atoms with E-state index >= 15 is 0 Å². The minimum atomic E-state index is 0.208. The van der Waals surface area contributed by atoms with E-state index in [1.807, 2.05) is 0 Å². The third-order valence-corrected chi connectivity index (χ3v) is 4.72. The van der Waals surface area contributed by atoms with E-state index < -0.39 is 0 Å². The van der Waals surface area contributed by atoms with Gasteiger partial charge in [-0.3, -0.25) is 4.79 Å². The molecule has 0 unspecified atom stereocenters. The Morgan fingerprint density at radius 2 is 1.57 bits per heavy atom. The maximum Gasteiger partial charge on any atom is 0.223 e. The van der Waals surface area contributed by atoms with E-state index in [-0.39, 0.29) is 11.8 Å². The molecule has 0 spiro atoms. The molecule has 1 N–H and O–H groups in total. The summed E-state index contributed by atoms with van der Waals surface area (Å²) in [5.74, 6) is 0.454. The highest BCUT2D eigenvalue weighted by molar-refractivity contribution is 5.78. The van der Waals surface area contributed by atoms with Crippen LogP contribution in [0.4, 0.5) is 0 Å². The Hall–Kier alpha value is -0.610. The number of carbonyl (C=O) groups excluding carboxylic acids is 1. The van der Waals surface area contributed by atoms with Crippen LogP contribution in [-0.4, -0.2) is 61.5 Å². The number of unbranched alkanes of at least 4 members (excludes halogenated alkanes) is 2. The van der Waals surface area contributed by atoms with Gasteiger partial charge in [-0.1, -0.05) is 27.2 Å². The summed E-state index contributed by atoms with van der Waals surface area (Å²) in [6.07, 6.45) is 5.49. The van der Waals surface area contributed by atoms with Gasteiger partial charge in [0.25, 0.3) is 0 Å². The van der Waals surface area contributed by atoms with Crippen molar-refractivity contribution in [2.75, 3.05) is 45.8 Å². The monoisotopic (exact) mass is 297 g/mol. The summed E-state index contributed by atoms with van der Waals surface area (Å²) in [4.78, 5) is 16.9. The number of hydrogen-bond acceptors (Lipinski definition) is 3. The van der Waals surface area contributed by atoms with Crippen molar-refractivity contribution in [3.63, 3.8) is 0 Å². The molecule has 1 heterocycles. The maximum atomic E-state index is 11.8. The fraction of sp³-hybridized carbons (Fsp3) is 0.941. The van der Waals surface area contributed by atoms with Crippen molar-refractivity contribution in [3.05, 3.63) is 0 Å². The molecule has 1 aliphatic rings. The molecule has 1 saturated heterocycles. The molecule has 4 nitrogen and oxygen atoms in total. The predicted octanol–water partition coefficient (Wildman–Crippen LogP) is 2.35. The van der Waals surface area contributed by atoms with Crippen LogP contribution in [0.25, 0.3) is 0 Å². The van der Waals surface area contributed by atoms with Crippen molar-refractivity contribution >= 4 is 5.91 Å². The lowest BCUT2D eigenvalue weighted by Gasteiger charge is -2.33. The fourth-order valence-corrected chi connectivity index (χ4v) is 2.98. The van der Waals surface area contributed by atoms with E-state index in [1.165, 1.54) is 52.1 Å². The number of amides is 1. The Morgan fingerprint density at radius 1 is 0.952 bits per heavy atom. The molecule has 0 aromatic rings. The third kappa shape index (κ3) is 7.28. The maximum absolute atomic E-state index is 11.8. The lowest BCUT2D eigenvalue weighted by molar-refractivity contribution is -0.125. The smallest absolute Gasteiger partial charge is 0.223 e. The zero-order valence-corrected chi connectivity index (χ0v) is 14.4. The highest BCUT2D eigenvalue weighted by Crippen LogP contribution is 2.07. The highest BCUT2D eigenvalue weighted by atomic mass is 16.1. The molecule has 1 rings (SSSR count). The van der Waals surface area contributed by atoms with Crippen molar-refractivity contribution in [2.24, 2.45) is 5.92 Å². The first kappa shape index (κ1) is 18.4. The molecule has 0 aromatic carbocycles. The van der Waals surface area contributed by atoms with Crippen LogP contribution in [0.3, 0.4) is 0 Å². The Bertz CT molecular complexity index is 271. The molecule has 0 aromatic heterocycles. The van der Waals surface area contributed by atoms with E-state index in [0.29, 0.717) is 0 Å². The molecular formula is C17H35N3O. The van der Waals surface area contributed by atoms with Gasteiger partial charge in [-0.25, -0.2) is 0 Å². The number of hydrogen-bond donors (Lipinski definition) is 1. The van der Waals surface area contributed by atoms with E-state index in [4.69, 9.17) is 0 Å². The summed E-state index contributed by atoms with van der Waals surface area (Å²) in [5.41, 5.74) is 0. The number of carbonyl (C=O) groups is 1. The van der Waals surface area contributed by atoms with E-state index in [2.05, 4.69) is 35.9 Å². The molecule has 1 aliphatic heterocycles. The van der Waals surface area contributed by atoms with Gasteiger partial charge in [0.2, 0.25) is 5.91 Å². The molecule has 1 amide bonds. The molecular weight excluding hydrogens is 262 g/mol. The molecule has 0 saturated carbocycles. The Labute approximate surface area is 131 Å². The highest BCUT2D eigenvalue weighted by Gasteiger charge is 2.15. The quantitative estimate of drug-likeness (QED) is 0.629. The van der Waals surface area contributed by atoms with Gasteiger partial charge in [0, 0.05) is 38.6 Å². The minimum absolute atomic E-state index is 0.208. The molecule has 0 bridgehead atoms. The predicted molar refractivity (Wildman–Crippen MR) is 89.5 cm³/mol. The molecule has 4 heteroatoms. The number of rotatable bonds is 10. The second-order valence-electron chi connectivity index (χ2n) is 6.14. The van der Waals surface area contributed by atoms with Crippen LogP contribution < -0.4 is 5.32 Å². The van der Waals surface area contributed by atoms with Crippen LogP contribution in [-0.2, 0) is 4.79 Å². The van der Waals surface area contributed by atoms with E-state index in [0.717, 1.165) is 25.8 Å². The fourth-order valence-electron chi connectivity index (χ4n) is 2.98. The standard InChI is InChI=1S/C17H35N3O/c1-4-16(5-2)17(21)18-10-8-7-9-11-20-14-12-19(6-3)13-15-20/h16H,4-15H2,1-3H3,(H,18,21). The number of piperazine rings is 1. The topological polar surface area (TPSA) is 35.6 Å². The second kappa shape index (κ2) is 11.0. The summed E-state index contributed by atoms with van der Waals surface area (Å²) >= 11 is 0. The van der Waals surface area contributed by atoms with Crippen molar-refractivity contribution in [1.82, 2.24) is 15.1 Å². The van der Waals surface area contributed by atoms with Gasteiger partial charge in [0.15, 0.2) is 0 Å². The van der Waals surface area contributed by atoms with Crippen molar-refractivity contribution in [3.8, 4) is 0 Å². The van der Waals surface area contributed by atoms with Crippen LogP contribution >= 0.6 is 0 Å². The first-order chi connectivity index (χ1) is 10.2. The van der Waals surface area contributed by atoms with Gasteiger partial charge < -0.3 is 15.1 Å². The Kier molecular flexibility index (Phi) is 9.68. The zero-order chi connectivity index (χ0) is 15.5. The molecule has 0 radical (unpaired) electrons. The normalized spacial score (nSPS) is 17.3. The minimum Gasteiger partial charge on any atom is -0.356 e. The number of nitrogens with one attached hydrogen (secondary N) is 1. The summed E-state index contributed by atoms with van der Waals surface area (Å²) in [6, 6.07) is 0. The van der Waals surface area contributed by atoms with Gasteiger partial charge in [-0.2, -0.15) is 0 Å². The van der Waals surface area contributed by atoms with Crippen LogP contribution in [0.1, 0.15) is 52.9 Å². The van der Waals surface area contributed by atoms with E-state index in [1.54, 1.807) is 0 Å². The van der Waals surface area contributed by atoms with Gasteiger partial charge >= 0.3 is 0 Å². The number of likely N-dealkylation sites (N-methyl/N-ethyl adjacent to an activating group) is 1. The van der Waals surface area contributed by atoms with Crippen LogP contribution in [0.5, 0.6) is 0 Å². The molecule has 1 fully saturated rings. The molecule has 124 valence electrons. The van der Waals surface area contributed by atoms with Crippen molar-refractivity contribution in [1.29, 1.82) is 0 Å². The summed E-state index contributed by atoms with van der Waals surface area (Å²) in [6.45, 7) is 14.6. The first-order valence-corrected chi connectivity index (χ1v) is 8.93. The summed E-state index contributed by atoms with van der Waals surface area (Å²) in [7, 11) is 0. The first-order valence-electron chi connectivity index (χ1n) is 8.93. The Balaban J connectivity index is 1.96. The number of nitrogens with zero attached hydrogens (tertiary/aromatic N) is 2. The third-order valence-electron chi connectivity index (χ3n) is 4.72. The molecule has 0 aliphatic carbocycles. The second-order valence-corrected chi connectivity index (χ2v) is 6.14. The van der Waals surface area contributed by atoms with Crippen molar-refractivity contribution in [2.45, 2.75) is 52.9 Å². The van der Waals surface area contributed by atoms with Crippen LogP contribution in [0.15, 0.2) is 0 Å². The van der Waals surface area contributed by atoms with Crippen LogP contribution in [0, 0.1) is 5.92 Å². The van der Waals surface area contributed by atoms with Gasteiger partial charge in [0.05, 0.1) is 0 Å². The van der Waals surface area contributed by atoms with Gasteiger partial charge in [-0.05, 0) is 38.8 Å². The zero-order valence-electron chi connectivity index (χ0n) is 14.4. The average molecular weight is 297 g/mol.